The molecule has 0 bridgehead atoms. The fourth-order valence-electron chi connectivity index (χ4n) is 2.91. The molecule has 4 rings (SSSR count). The zero-order valence-electron chi connectivity index (χ0n) is 14.2. The molecule has 7 heteroatoms. The van der Waals surface area contributed by atoms with Crippen molar-refractivity contribution in [1.29, 1.82) is 0 Å². The van der Waals surface area contributed by atoms with E-state index in [1.807, 2.05) is 59.3 Å². The van der Waals surface area contributed by atoms with Gasteiger partial charge in [-0.1, -0.05) is 42.5 Å². The molecule has 0 radical (unpaired) electrons. The lowest BCUT2D eigenvalue weighted by atomic mass is 10.0. The van der Waals surface area contributed by atoms with Gasteiger partial charge in [-0.15, -0.1) is 5.10 Å². The molecule has 2 aromatic carbocycles. The highest BCUT2D eigenvalue weighted by Crippen LogP contribution is 2.36. The molecule has 1 amide bonds. The van der Waals surface area contributed by atoms with Crippen LogP contribution >= 0.6 is 0 Å². The summed E-state index contributed by atoms with van der Waals surface area (Å²) in [6.45, 7) is 0. The van der Waals surface area contributed by atoms with E-state index in [9.17, 15) is 4.79 Å². The summed E-state index contributed by atoms with van der Waals surface area (Å²) in [6.07, 6.45) is 2.42. The predicted molar refractivity (Wildman–Crippen MR) is 98.1 cm³/mol. The highest BCUT2D eigenvalue weighted by atomic mass is 16.1. The number of carbonyl (C=O) groups excluding carboxylic acids is 1. The van der Waals surface area contributed by atoms with Gasteiger partial charge in [0.25, 0.3) is 0 Å². The Kier molecular flexibility index (Phi) is 4.45. The van der Waals surface area contributed by atoms with Gasteiger partial charge >= 0.3 is 0 Å². The number of hydrogen-bond donors (Lipinski definition) is 2. The smallest absolute Gasteiger partial charge is 0.226 e. The number of nitrogens with one attached hydrogen (secondary N) is 1. The summed E-state index contributed by atoms with van der Waals surface area (Å²) in [5.74, 6) is 0.602. The van der Waals surface area contributed by atoms with E-state index >= 15 is 0 Å². The number of anilines is 1. The predicted octanol–water partition coefficient (Wildman–Crippen LogP) is 2.70. The van der Waals surface area contributed by atoms with Crippen molar-refractivity contribution in [2.24, 2.45) is 5.73 Å². The van der Waals surface area contributed by atoms with E-state index in [2.05, 4.69) is 20.8 Å². The molecule has 1 atom stereocenters. The Morgan fingerprint density at radius 1 is 1.19 bits per heavy atom. The summed E-state index contributed by atoms with van der Waals surface area (Å²) < 4.78 is 1.85. The van der Waals surface area contributed by atoms with Crippen LogP contribution in [0, 0.1) is 0 Å². The molecular weight excluding hydrogens is 328 g/mol. The van der Waals surface area contributed by atoms with Crippen molar-refractivity contribution in [2.75, 3.05) is 5.32 Å². The summed E-state index contributed by atoms with van der Waals surface area (Å²) >= 11 is 0. The quantitative estimate of drug-likeness (QED) is 0.713. The second-order valence-electron chi connectivity index (χ2n) is 6.53. The third kappa shape index (κ3) is 3.62. The number of nitrogens with two attached hydrogens (primary N) is 1. The van der Waals surface area contributed by atoms with Crippen LogP contribution in [0.5, 0.6) is 0 Å². The molecule has 0 aliphatic heterocycles. The van der Waals surface area contributed by atoms with Gasteiger partial charge in [0, 0.05) is 23.7 Å². The van der Waals surface area contributed by atoms with Crippen LogP contribution in [-0.2, 0) is 4.79 Å². The molecule has 1 aromatic heterocycles. The SMILES string of the molecule is NC(CC(=O)Nc1cccc(-c2nnnn2C2CC2)c1)c1ccccc1. The number of benzene rings is 2. The highest BCUT2D eigenvalue weighted by Gasteiger charge is 2.28. The molecule has 26 heavy (non-hydrogen) atoms. The summed E-state index contributed by atoms with van der Waals surface area (Å²) in [4.78, 5) is 12.3. The van der Waals surface area contributed by atoms with Gasteiger partial charge < -0.3 is 11.1 Å². The third-order valence-corrected chi connectivity index (χ3v) is 4.42. The average Bonchev–Trinajstić information content (AvgIpc) is 3.39. The lowest BCUT2D eigenvalue weighted by molar-refractivity contribution is -0.116. The monoisotopic (exact) mass is 348 g/mol. The maximum absolute atomic E-state index is 12.3. The van der Waals surface area contributed by atoms with E-state index in [1.165, 1.54) is 0 Å². The number of rotatable bonds is 6. The zero-order chi connectivity index (χ0) is 17.9. The second-order valence-corrected chi connectivity index (χ2v) is 6.53. The Balaban J connectivity index is 1.45. The van der Waals surface area contributed by atoms with Crippen molar-refractivity contribution in [3.63, 3.8) is 0 Å². The minimum Gasteiger partial charge on any atom is -0.326 e. The van der Waals surface area contributed by atoms with Gasteiger partial charge in [0.1, 0.15) is 0 Å². The Bertz CT molecular complexity index is 903. The number of carbonyl (C=O) groups is 1. The number of hydrogen-bond acceptors (Lipinski definition) is 5. The summed E-state index contributed by atoms with van der Waals surface area (Å²) in [5.41, 5.74) is 8.66. The molecule has 1 unspecified atom stereocenters. The second kappa shape index (κ2) is 7.05. The van der Waals surface area contributed by atoms with E-state index in [-0.39, 0.29) is 18.4 Å². The van der Waals surface area contributed by atoms with E-state index in [4.69, 9.17) is 5.73 Å². The minimum absolute atomic E-state index is 0.125. The minimum atomic E-state index is -0.332. The number of tetrazole rings is 1. The molecule has 0 saturated heterocycles. The van der Waals surface area contributed by atoms with Crippen LogP contribution in [0.3, 0.4) is 0 Å². The van der Waals surface area contributed by atoms with Crippen molar-refractivity contribution in [1.82, 2.24) is 20.2 Å². The van der Waals surface area contributed by atoms with Crippen molar-refractivity contribution in [2.45, 2.75) is 31.3 Å². The molecule has 132 valence electrons. The topological polar surface area (TPSA) is 98.7 Å². The van der Waals surface area contributed by atoms with Crippen molar-refractivity contribution in [3.8, 4) is 11.4 Å². The zero-order valence-corrected chi connectivity index (χ0v) is 14.2. The largest absolute Gasteiger partial charge is 0.326 e. The van der Waals surface area contributed by atoms with Gasteiger partial charge in [0.15, 0.2) is 5.82 Å². The van der Waals surface area contributed by atoms with E-state index < -0.39 is 0 Å². The van der Waals surface area contributed by atoms with Crippen LogP contribution < -0.4 is 11.1 Å². The molecule has 1 aliphatic rings. The van der Waals surface area contributed by atoms with Crippen LogP contribution in [0.25, 0.3) is 11.4 Å². The maximum Gasteiger partial charge on any atom is 0.226 e. The fourth-order valence-corrected chi connectivity index (χ4v) is 2.91. The first-order chi connectivity index (χ1) is 12.7. The molecule has 1 saturated carbocycles. The Hall–Kier alpha value is -3.06. The average molecular weight is 348 g/mol. The number of amides is 1. The van der Waals surface area contributed by atoms with Crippen molar-refractivity contribution < 1.29 is 4.79 Å². The fraction of sp³-hybridized carbons (Fsp3) is 0.263. The van der Waals surface area contributed by atoms with Gasteiger partial charge in [0.2, 0.25) is 5.91 Å². The lowest BCUT2D eigenvalue weighted by Crippen LogP contribution is -2.20. The van der Waals surface area contributed by atoms with Gasteiger partial charge in [0.05, 0.1) is 6.04 Å². The highest BCUT2D eigenvalue weighted by molar-refractivity contribution is 5.91. The van der Waals surface area contributed by atoms with E-state index in [1.54, 1.807) is 0 Å². The summed E-state index contributed by atoms with van der Waals surface area (Å²) in [7, 11) is 0. The molecule has 0 spiro atoms. The van der Waals surface area contributed by atoms with Gasteiger partial charge in [-0.05, 0) is 41.0 Å². The normalized spacial score (nSPS) is 14.8. The molecule has 1 aliphatic carbocycles. The molecule has 1 fully saturated rings. The van der Waals surface area contributed by atoms with Crippen molar-refractivity contribution >= 4 is 11.6 Å². The maximum atomic E-state index is 12.3. The number of aromatic nitrogens is 4. The standard InChI is InChI=1S/C19H20N6O/c20-17(13-5-2-1-3-6-13)12-18(26)21-15-8-4-7-14(11-15)19-22-23-24-25(19)16-9-10-16/h1-8,11,16-17H,9-10,12,20H2,(H,21,26). The first-order valence-corrected chi connectivity index (χ1v) is 8.69. The van der Waals surface area contributed by atoms with Gasteiger partial charge in [-0.2, -0.15) is 0 Å². The van der Waals surface area contributed by atoms with Crippen LogP contribution in [0.2, 0.25) is 0 Å². The molecule has 1 heterocycles. The Morgan fingerprint density at radius 3 is 2.77 bits per heavy atom. The summed E-state index contributed by atoms with van der Waals surface area (Å²) in [5, 5.41) is 14.9. The van der Waals surface area contributed by atoms with Crippen molar-refractivity contribution in [3.05, 3.63) is 60.2 Å². The van der Waals surface area contributed by atoms with Gasteiger partial charge in [-0.3, -0.25) is 4.79 Å². The molecule has 3 N–H and O–H groups in total. The van der Waals surface area contributed by atoms with Crippen LogP contribution in [0.1, 0.15) is 36.9 Å². The molecule has 3 aromatic rings. The van der Waals surface area contributed by atoms with E-state index in [0.29, 0.717) is 11.7 Å². The summed E-state index contributed by atoms with van der Waals surface area (Å²) in [6, 6.07) is 17.2. The van der Waals surface area contributed by atoms with E-state index in [0.717, 1.165) is 29.8 Å². The van der Waals surface area contributed by atoms with Gasteiger partial charge in [-0.25, -0.2) is 4.68 Å². The third-order valence-electron chi connectivity index (χ3n) is 4.42. The Morgan fingerprint density at radius 2 is 2.00 bits per heavy atom. The lowest BCUT2D eigenvalue weighted by Gasteiger charge is -2.12. The molecular formula is C19H20N6O. The number of nitrogens with zero attached hydrogens (tertiary/aromatic N) is 4. The molecule has 7 nitrogen and oxygen atoms in total. The van der Waals surface area contributed by atoms with Crippen LogP contribution in [0.15, 0.2) is 54.6 Å². The first-order valence-electron chi connectivity index (χ1n) is 8.69. The van der Waals surface area contributed by atoms with Crippen LogP contribution in [-0.4, -0.2) is 26.1 Å². The Labute approximate surface area is 151 Å². The first kappa shape index (κ1) is 16.4. The van der Waals surface area contributed by atoms with Crippen LogP contribution in [0.4, 0.5) is 5.69 Å².